The van der Waals surface area contributed by atoms with Crippen molar-refractivity contribution >= 4 is 28.9 Å². The number of nitrogens with zero attached hydrogens (tertiary/aromatic N) is 2. The van der Waals surface area contributed by atoms with E-state index in [1.807, 2.05) is 31.2 Å². The summed E-state index contributed by atoms with van der Waals surface area (Å²) in [5, 5.41) is 7.86. The minimum atomic E-state index is -0.335. The average molecular weight is 298 g/mol. The first-order chi connectivity index (χ1) is 9.00. The van der Waals surface area contributed by atoms with E-state index in [2.05, 4.69) is 10.4 Å². The Bertz CT molecular complexity index is 655. The van der Waals surface area contributed by atoms with E-state index in [1.165, 1.54) is 10.9 Å². The number of aryl methyl sites for hydroxylation is 1. The van der Waals surface area contributed by atoms with Gasteiger partial charge >= 0.3 is 0 Å². The summed E-state index contributed by atoms with van der Waals surface area (Å²) >= 11 is 12.1. The summed E-state index contributed by atoms with van der Waals surface area (Å²) in [5.41, 5.74) is 1.09. The predicted molar refractivity (Wildman–Crippen MR) is 78.0 cm³/mol. The highest BCUT2D eigenvalue weighted by molar-refractivity contribution is 6.33. The fourth-order valence-electron chi connectivity index (χ4n) is 1.75. The van der Waals surface area contributed by atoms with Gasteiger partial charge in [-0.3, -0.25) is 4.79 Å². The Morgan fingerprint density at radius 2 is 2.00 bits per heavy atom. The van der Waals surface area contributed by atoms with Gasteiger partial charge in [-0.05, 0) is 18.6 Å². The van der Waals surface area contributed by atoms with Crippen LogP contribution in [0.3, 0.4) is 0 Å². The van der Waals surface area contributed by atoms with Crippen LogP contribution in [0.2, 0.25) is 10.0 Å². The number of rotatable bonds is 3. The van der Waals surface area contributed by atoms with Crippen molar-refractivity contribution in [1.29, 1.82) is 0 Å². The van der Waals surface area contributed by atoms with E-state index >= 15 is 0 Å². The lowest BCUT2D eigenvalue weighted by Crippen LogP contribution is -2.21. The molecule has 0 bridgehead atoms. The van der Waals surface area contributed by atoms with Crippen molar-refractivity contribution in [3.05, 3.63) is 56.4 Å². The molecule has 1 aromatic heterocycles. The molecular weight excluding hydrogens is 285 g/mol. The van der Waals surface area contributed by atoms with Gasteiger partial charge in [-0.2, -0.15) is 5.10 Å². The Morgan fingerprint density at radius 3 is 2.68 bits per heavy atom. The molecule has 0 aliphatic rings. The first-order valence-corrected chi connectivity index (χ1v) is 6.49. The van der Waals surface area contributed by atoms with Gasteiger partial charge in [0.15, 0.2) is 0 Å². The Balaban J connectivity index is 2.30. The van der Waals surface area contributed by atoms with E-state index in [1.54, 1.807) is 7.05 Å². The van der Waals surface area contributed by atoms with Gasteiger partial charge in [0, 0.05) is 12.1 Å². The first kappa shape index (κ1) is 13.9. The molecule has 6 heteroatoms. The molecule has 0 amide bonds. The third kappa shape index (κ3) is 2.91. The molecule has 0 aliphatic heterocycles. The van der Waals surface area contributed by atoms with E-state index in [-0.39, 0.29) is 16.6 Å². The van der Waals surface area contributed by atoms with Crippen molar-refractivity contribution < 1.29 is 0 Å². The van der Waals surface area contributed by atoms with E-state index in [0.717, 1.165) is 5.56 Å². The summed E-state index contributed by atoms with van der Waals surface area (Å²) in [5.74, 6) is 0. The van der Waals surface area contributed by atoms with Crippen molar-refractivity contribution in [1.82, 2.24) is 9.78 Å². The van der Waals surface area contributed by atoms with Gasteiger partial charge in [0.05, 0.1) is 17.9 Å². The van der Waals surface area contributed by atoms with Crippen molar-refractivity contribution in [2.24, 2.45) is 7.05 Å². The van der Waals surface area contributed by atoms with Crippen LogP contribution in [0.25, 0.3) is 0 Å². The number of hydrogen-bond donors (Lipinski definition) is 1. The van der Waals surface area contributed by atoms with Crippen LogP contribution < -0.4 is 10.9 Å². The van der Waals surface area contributed by atoms with Crippen LogP contribution in [0, 0.1) is 0 Å². The van der Waals surface area contributed by atoms with Crippen LogP contribution in [0.1, 0.15) is 18.5 Å². The molecular formula is C13H13Cl2N3O. The average Bonchev–Trinajstić information content (AvgIpc) is 2.40. The second-order valence-electron chi connectivity index (χ2n) is 4.19. The second kappa shape index (κ2) is 5.63. The SMILES string of the molecule is CC(Nc1cnn(C)c(=O)c1Cl)c1ccccc1Cl. The normalized spacial score (nSPS) is 12.2. The zero-order valence-electron chi connectivity index (χ0n) is 10.5. The standard InChI is InChI=1S/C13H13Cl2N3O/c1-8(9-5-3-4-6-10(9)14)17-11-7-16-18(2)13(19)12(11)15/h3-8,17H,1-2H3. The van der Waals surface area contributed by atoms with Gasteiger partial charge in [-0.1, -0.05) is 41.4 Å². The van der Waals surface area contributed by atoms with Crippen molar-refractivity contribution in [3.63, 3.8) is 0 Å². The monoisotopic (exact) mass is 297 g/mol. The minimum absolute atomic E-state index is 0.0832. The zero-order chi connectivity index (χ0) is 14.0. The summed E-state index contributed by atoms with van der Waals surface area (Å²) in [6.45, 7) is 1.94. The Labute approximate surface area is 121 Å². The number of nitrogens with one attached hydrogen (secondary N) is 1. The third-order valence-corrected chi connectivity index (χ3v) is 3.53. The molecule has 1 N–H and O–H groups in total. The maximum atomic E-state index is 11.7. The zero-order valence-corrected chi connectivity index (χ0v) is 12.0. The maximum Gasteiger partial charge on any atom is 0.287 e. The van der Waals surface area contributed by atoms with E-state index in [0.29, 0.717) is 10.7 Å². The number of anilines is 1. The van der Waals surface area contributed by atoms with Crippen molar-refractivity contribution in [2.75, 3.05) is 5.32 Å². The molecule has 0 saturated carbocycles. The highest BCUT2D eigenvalue weighted by atomic mass is 35.5. The third-order valence-electron chi connectivity index (χ3n) is 2.82. The molecule has 0 aliphatic carbocycles. The molecule has 1 atom stereocenters. The second-order valence-corrected chi connectivity index (χ2v) is 4.97. The van der Waals surface area contributed by atoms with Crippen LogP contribution in [0.5, 0.6) is 0 Å². The van der Waals surface area contributed by atoms with Gasteiger partial charge in [0.1, 0.15) is 5.02 Å². The van der Waals surface area contributed by atoms with Crippen LogP contribution in [0.4, 0.5) is 5.69 Å². The largest absolute Gasteiger partial charge is 0.376 e. The van der Waals surface area contributed by atoms with Gasteiger partial charge in [-0.25, -0.2) is 4.68 Å². The molecule has 0 fully saturated rings. The Hall–Kier alpha value is -1.52. The Kier molecular flexibility index (Phi) is 4.12. The smallest absolute Gasteiger partial charge is 0.287 e. The molecule has 1 heterocycles. The number of benzene rings is 1. The molecule has 2 aromatic rings. The molecule has 0 spiro atoms. The highest BCUT2D eigenvalue weighted by Gasteiger charge is 2.13. The predicted octanol–water partition coefficient (Wildman–Crippen LogP) is 3.26. The summed E-state index contributed by atoms with van der Waals surface area (Å²) in [6.07, 6.45) is 1.52. The van der Waals surface area contributed by atoms with Crippen LogP contribution >= 0.6 is 23.2 Å². The Morgan fingerprint density at radius 1 is 1.32 bits per heavy atom. The van der Waals surface area contributed by atoms with E-state index in [9.17, 15) is 4.79 Å². The molecule has 0 radical (unpaired) electrons. The van der Waals surface area contributed by atoms with E-state index in [4.69, 9.17) is 23.2 Å². The van der Waals surface area contributed by atoms with Gasteiger partial charge in [0.25, 0.3) is 5.56 Å². The highest BCUT2D eigenvalue weighted by Crippen LogP contribution is 2.27. The van der Waals surface area contributed by atoms with Crippen molar-refractivity contribution in [3.8, 4) is 0 Å². The lowest BCUT2D eigenvalue weighted by molar-refractivity contribution is 0.706. The van der Waals surface area contributed by atoms with E-state index < -0.39 is 0 Å². The summed E-state index contributed by atoms with van der Waals surface area (Å²) < 4.78 is 1.19. The molecule has 0 saturated heterocycles. The van der Waals surface area contributed by atoms with Crippen LogP contribution in [0.15, 0.2) is 35.3 Å². The van der Waals surface area contributed by atoms with Gasteiger partial charge < -0.3 is 5.32 Å². The number of aromatic nitrogens is 2. The summed E-state index contributed by atoms with van der Waals surface area (Å²) in [6, 6.07) is 7.43. The fraction of sp³-hybridized carbons (Fsp3) is 0.231. The molecule has 4 nitrogen and oxygen atoms in total. The molecule has 19 heavy (non-hydrogen) atoms. The van der Waals surface area contributed by atoms with Gasteiger partial charge in [0.2, 0.25) is 0 Å². The first-order valence-electron chi connectivity index (χ1n) is 5.73. The fourth-order valence-corrected chi connectivity index (χ4v) is 2.27. The summed E-state index contributed by atoms with van der Waals surface area (Å²) in [7, 11) is 1.55. The quantitative estimate of drug-likeness (QED) is 0.946. The number of hydrogen-bond acceptors (Lipinski definition) is 3. The summed E-state index contributed by atoms with van der Waals surface area (Å²) in [4.78, 5) is 11.7. The maximum absolute atomic E-state index is 11.7. The molecule has 2 rings (SSSR count). The van der Waals surface area contributed by atoms with Crippen LogP contribution in [-0.4, -0.2) is 9.78 Å². The molecule has 1 aromatic carbocycles. The topological polar surface area (TPSA) is 46.9 Å². The lowest BCUT2D eigenvalue weighted by atomic mass is 10.1. The minimum Gasteiger partial charge on any atom is -0.376 e. The van der Waals surface area contributed by atoms with Gasteiger partial charge in [-0.15, -0.1) is 0 Å². The molecule has 100 valence electrons. The van der Waals surface area contributed by atoms with Crippen LogP contribution in [-0.2, 0) is 7.05 Å². The van der Waals surface area contributed by atoms with Crippen molar-refractivity contribution in [2.45, 2.75) is 13.0 Å². The molecule has 1 unspecified atom stereocenters. The number of halogens is 2. The lowest BCUT2D eigenvalue weighted by Gasteiger charge is -2.17.